The van der Waals surface area contributed by atoms with Crippen molar-refractivity contribution in [2.45, 2.75) is 50.7 Å². The Bertz CT molecular complexity index is 349. The molecule has 0 radical (unpaired) electrons. The van der Waals surface area contributed by atoms with E-state index in [1.165, 1.54) is 0 Å². The first kappa shape index (κ1) is 15.3. The lowest BCUT2D eigenvalue weighted by Gasteiger charge is -2.32. The molecule has 6 nitrogen and oxygen atoms in total. The second-order valence-corrected chi connectivity index (χ2v) is 5.80. The third kappa shape index (κ3) is 4.76. The molecule has 0 aromatic rings. The van der Waals surface area contributed by atoms with Crippen LogP contribution in [-0.4, -0.2) is 53.7 Å². The molecule has 20 heavy (non-hydrogen) atoms. The minimum atomic E-state index is -0.841. The molecule has 1 saturated heterocycles. The zero-order valence-corrected chi connectivity index (χ0v) is 11.8. The Kier molecular flexibility index (Phi) is 5.37. The van der Waals surface area contributed by atoms with Gasteiger partial charge in [0.25, 0.3) is 0 Å². The molecule has 1 saturated carbocycles. The number of likely N-dealkylation sites (tertiary alicyclic amines) is 1. The second kappa shape index (κ2) is 7.04. The van der Waals surface area contributed by atoms with Crippen molar-refractivity contribution in [2.24, 2.45) is 11.7 Å². The Morgan fingerprint density at radius 3 is 2.45 bits per heavy atom. The van der Waals surface area contributed by atoms with Crippen molar-refractivity contribution in [3.8, 4) is 0 Å². The van der Waals surface area contributed by atoms with E-state index in [1.807, 2.05) is 4.90 Å². The number of ether oxygens (including phenoxy) is 1. The van der Waals surface area contributed by atoms with Crippen molar-refractivity contribution >= 4 is 11.9 Å². The summed E-state index contributed by atoms with van der Waals surface area (Å²) >= 11 is 0. The molecule has 6 heteroatoms. The van der Waals surface area contributed by atoms with Crippen LogP contribution < -0.4 is 5.73 Å². The summed E-state index contributed by atoms with van der Waals surface area (Å²) in [5, 5.41) is 8.55. The number of aliphatic carboxylic acids is 1. The largest absolute Gasteiger partial charge is 0.481 e. The molecule has 2 aliphatic rings. The lowest BCUT2D eigenvalue weighted by Crippen LogP contribution is -2.43. The van der Waals surface area contributed by atoms with Crippen molar-refractivity contribution in [1.29, 1.82) is 0 Å². The van der Waals surface area contributed by atoms with E-state index in [2.05, 4.69) is 0 Å². The summed E-state index contributed by atoms with van der Waals surface area (Å²) in [7, 11) is 0. The fourth-order valence-electron chi connectivity index (χ4n) is 2.61. The van der Waals surface area contributed by atoms with Crippen molar-refractivity contribution in [3.63, 3.8) is 0 Å². The topological polar surface area (TPSA) is 92.9 Å². The molecule has 3 N–H and O–H groups in total. The van der Waals surface area contributed by atoms with Crippen LogP contribution in [0.25, 0.3) is 0 Å². The lowest BCUT2D eigenvalue weighted by atomic mass is 10.0. The zero-order valence-electron chi connectivity index (χ0n) is 11.8. The first-order valence-corrected chi connectivity index (χ1v) is 7.43. The number of piperidine rings is 1. The van der Waals surface area contributed by atoms with Gasteiger partial charge in [-0.1, -0.05) is 0 Å². The van der Waals surface area contributed by atoms with E-state index in [9.17, 15) is 9.59 Å². The number of carbonyl (C=O) groups excluding carboxylic acids is 1. The maximum Gasteiger partial charge on any atom is 0.305 e. The molecule has 0 bridgehead atoms. The van der Waals surface area contributed by atoms with E-state index in [0.717, 1.165) is 25.7 Å². The number of nitrogens with two attached hydrogens (primary N) is 1. The average molecular weight is 284 g/mol. The monoisotopic (exact) mass is 284 g/mol. The first-order chi connectivity index (χ1) is 9.56. The minimum Gasteiger partial charge on any atom is -0.481 e. The van der Waals surface area contributed by atoms with Crippen LogP contribution in [0.3, 0.4) is 0 Å². The quantitative estimate of drug-likeness (QED) is 0.714. The van der Waals surface area contributed by atoms with Gasteiger partial charge in [0.15, 0.2) is 0 Å². The Labute approximate surface area is 119 Å². The van der Waals surface area contributed by atoms with Crippen LogP contribution in [0.4, 0.5) is 0 Å². The van der Waals surface area contributed by atoms with Crippen LogP contribution >= 0.6 is 0 Å². The Hall–Kier alpha value is -1.14. The summed E-state index contributed by atoms with van der Waals surface area (Å²) in [5.41, 5.74) is 5.98. The highest BCUT2D eigenvalue weighted by Crippen LogP contribution is 2.33. The highest BCUT2D eigenvalue weighted by atomic mass is 16.5. The maximum absolute atomic E-state index is 12.1. The molecular weight excluding hydrogens is 260 g/mol. The molecule has 1 aliphatic heterocycles. The number of amides is 1. The van der Waals surface area contributed by atoms with Crippen molar-refractivity contribution < 1.29 is 19.4 Å². The van der Waals surface area contributed by atoms with E-state index in [-0.39, 0.29) is 31.1 Å². The number of hydrogen-bond donors (Lipinski definition) is 2. The highest BCUT2D eigenvalue weighted by molar-refractivity contribution is 5.77. The van der Waals surface area contributed by atoms with Gasteiger partial charge in [-0.3, -0.25) is 9.59 Å². The number of carboxylic acids is 1. The average Bonchev–Trinajstić information content (AvgIpc) is 3.23. The molecule has 1 atom stereocenters. The standard InChI is InChI=1S/C14H24N2O4/c15-12(10-1-2-10)9-13(17)16-6-3-11(4-7-16)20-8-5-14(18)19/h10-12H,1-9,15H2,(H,18,19). The van der Waals surface area contributed by atoms with Gasteiger partial charge in [0.2, 0.25) is 5.91 Å². The van der Waals surface area contributed by atoms with E-state index in [0.29, 0.717) is 25.4 Å². The van der Waals surface area contributed by atoms with Crippen LogP contribution in [0, 0.1) is 5.92 Å². The van der Waals surface area contributed by atoms with Gasteiger partial charge in [-0.2, -0.15) is 0 Å². The van der Waals surface area contributed by atoms with Gasteiger partial charge < -0.3 is 20.5 Å². The summed E-state index contributed by atoms with van der Waals surface area (Å²) in [4.78, 5) is 24.3. The van der Waals surface area contributed by atoms with Gasteiger partial charge in [0.1, 0.15) is 0 Å². The van der Waals surface area contributed by atoms with Crippen LogP contribution in [-0.2, 0) is 14.3 Å². The SMILES string of the molecule is NC(CC(=O)N1CCC(OCCC(=O)O)CC1)C1CC1. The predicted octanol–water partition coefficient (Wildman–Crippen LogP) is 0.596. The zero-order chi connectivity index (χ0) is 14.5. The van der Waals surface area contributed by atoms with Gasteiger partial charge in [-0.25, -0.2) is 0 Å². The van der Waals surface area contributed by atoms with Crippen LogP contribution in [0.1, 0.15) is 38.5 Å². The van der Waals surface area contributed by atoms with Crippen LogP contribution in [0.5, 0.6) is 0 Å². The van der Waals surface area contributed by atoms with Gasteiger partial charge >= 0.3 is 5.97 Å². The summed E-state index contributed by atoms with van der Waals surface area (Å²) in [6.45, 7) is 1.63. The second-order valence-electron chi connectivity index (χ2n) is 5.80. The third-order valence-electron chi connectivity index (χ3n) is 4.10. The highest BCUT2D eigenvalue weighted by Gasteiger charge is 2.32. The van der Waals surface area contributed by atoms with E-state index < -0.39 is 5.97 Å². The Morgan fingerprint density at radius 2 is 1.90 bits per heavy atom. The predicted molar refractivity (Wildman–Crippen MR) is 73.1 cm³/mol. The molecule has 1 amide bonds. The van der Waals surface area contributed by atoms with Crippen molar-refractivity contribution in [1.82, 2.24) is 4.90 Å². The van der Waals surface area contributed by atoms with Crippen molar-refractivity contribution in [2.75, 3.05) is 19.7 Å². The molecule has 1 aliphatic carbocycles. The van der Waals surface area contributed by atoms with Crippen LogP contribution in [0.2, 0.25) is 0 Å². The number of nitrogens with zero attached hydrogens (tertiary/aromatic N) is 1. The number of carbonyl (C=O) groups is 2. The normalized spacial score (nSPS) is 21.8. The summed E-state index contributed by atoms with van der Waals surface area (Å²) in [5.74, 6) is -0.143. The lowest BCUT2D eigenvalue weighted by molar-refractivity contribution is -0.139. The van der Waals surface area contributed by atoms with Crippen molar-refractivity contribution in [3.05, 3.63) is 0 Å². The fourth-order valence-corrected chi connectivity index (χ4v) is 2.61. The summed E-state index contributed by atoms with van der Waals surface area (Å²) < 4.78 is 5.51. The number of hydrogen-bond acceptors (Lipinski definition) is 4. The van der Waals surface area contributed by atoms with Gasteiger partial charge in [0.05, 0.1) is 19.1 Å². The summed E-state index contributed by atoms with van der Waals surface area (Å²) in [6.07, 6.45) is 4.45. The summed E-state index contributed by atoms with van der Waals surface area (Å²) in [6, 6.07) is 0.0204. The molecule has 0 aromatic heterocycles. The molecule has 1 heterocycles. The molecule has 0 spiro atoms. The van der Waals surface area contributed by atoms with Crippen LogP contribution in [0.15, 0.2) is 0 Å². The fraction of sp³-hybridized carbons (Fsp3) is 0.857. The van der Waals surface area contributed by atoms with Gasteiger partial charge in [0, 0.05) is 25.6 Å². The molecule has 1 unspecified atom stereocenters. The van der Waals surface area contributed by atoms with Gasteiger partial charge in [-0.15, -0.1) is 0 Å². The molecule has 0 aromatic carbocycles. The van der Waals surface area contributed by atoms with E-state index >= 15 is 0 Å². The Morgan fingerprint density at radius 1 is 1.25 bits per heavy atom. The third-order valence-corrected chi connectivity index (χ3v) is 4.10. The molecule has 2 fully saturated rings. The first-order valence-electron chi connectivity index (χ1n) is 7.43. The smallest absolute Gasteiger partial charge is 0.305 e. The molecule has 2 rings (SSSR count). The molecule has 114 valence electrons. The number of carboxylic acid groups (broad SMARTS) is 1. The Balaban J connectivity index is 1.62. The minimum absolute atomic E-state index is 0.0204. The van der Waals surface area contributed by atoms with Gasteiger partial charge in [-0.05, 0) is 31.6 Å². The maximum atomic E-state index is 12.1. The molecular formula is C14H24N2O4. The van der Waals surface area contributed by atoms with E-state index in [1.54, 1.807) is 0 Å². The van der Waals surface area contributed by atoms with E-state index in [4.69, 9.17) is 15.6 Å². The number of rotatable bonds is 7.